The monoisotopic (exact) mass is 622 g/mol. The molecule has 5 rings (SSSR count). The lowest BCUT2D eigenvalue weighted by molar-refractivity contribution is -0.0123. The molecule has 3 N–H and O–H groups in total. The number of phenolic OH excluding ortho intramolecular Hbond substituents is 2. The average Bonchev–Trinajstić information content (AvgIpc) is 3.01. The summed E-state index contributed by atoms with van der Waals surface area (Å²) in [5.74, 6) is -0.815. The van der Waals surface area contributed by atoms with Crippen LogP contribution in [0.5, 0.6) is 40.2 Å². The highest BCUT2D eigenvalue weighted by Gasteiger charge is 2.34. The van der Waals surface area contributed by atoms with Crippen molar-refractivity contribution in [2.24, 2.45) is 0 Å². The quantitative estimate of drug-likeness (QED) is 0.283. The molecule has 2 atom stereocenters. The van der Waals surface area contributed by atoms with Gasteiger partial charge in [-0.25, -0.2) is 9.59 Å². The molecule has 2 heterocycles. The fourth-order valence-electron chi connectivity index (χ4n) is 4.53. The van der Waals surface area contributed by atoms with Crippen molar-refractivity contribution >= 4 is 23.2 Å². The normalized spacial score (nSPS) is 15.3. The topological polar surface area (TPSA) is 178 Å². The second kappa shape index (κ2) is 12.2. The zero-order valence-corrected chi connectivity index (χ0v) is 24.9. The molecule has 45 heavy (non-hydrogen) atoms. The lowest BCUT2D eigenvalue weighted by Crippen LogP contribution is -2.36. The number of aliphatic hydroxyl groups excluding tert-OH is 1. The Labute approximate surface area is 256 Å². The molecule has 14 heteroatoms. The van der Waals surface area contributed by atoms with Crippen LogP contribution in [-0.4, -0.2) is 85.3 Å². The van der Waals surface area contributed by atoms with E-state index in [0.29, 0.717) is 5.56 Å². The second-order valence-corrected chi connectivity index (χ2v) is 10.4. The summed E-state index contributed by atoms with van der Waals surface area (Å²) in [4.78, 5) is 40.7. The van der Waals surface area contributed by atoms with Crippen LogP contribution in [0.15, 0.2) is 57.7 Å². The molecule has 0 fully saturated rings. The number of benzene rings is 3. The number of carbonyl (C=O) groups is 2. The molecule has 2 unspecified atom stereocenters. The molecule has 236 valence electrons. The highest BCUT2D eigenvalue weighted by Crippen LogP contribution is 2.44. The first kappa shape index (κ1) is 30.8. The standard InChI is InChI=1S/C31H30N2O12/c1-32(2)30(38)41-17-12-19(36)25-23(13-17)44-28(29(26(25)37)45-31(39)33(3)4)16-7-9-20-22(11-16)43-27(24(14-34)42-20)15-6-8-18(35)21(10-15)40-5/h6-13,24,27,34-36H,14H2,1-5H3. The lowest BCUT2D eigenvalue weighted by atomic mass is 10.0. The largest absolute Gasteiger partial charge is 0.507 e. The molecule has 2 amide bonds. The third-order valence-electron chi connectivity index (χ3n) is 6.82. The van der Waals surface area contributed by atoms with E-state index in [2.05, 4.69) is 0 Å². The Bertz CT molecular complexity index is 1850. The van der Waals surface area contributed by atoms with Crippen LogP contribution in [0.2, 0.25) is 0 Å². The fraction of sp³-hybridized carbons (Fsp3) is 0.258. The van der Waals surface area contributed by atoms with Crippen molar-refractivity contribution < 1.29 is 53.0 Å². The summed E-state index contributed by atoms with van der Waals surface area (Å²) >= 11 is 0. The van der Waals surface area contributed by atoms with E-state index in [9.17, 15) is 29.7 Å². The van der Waals surface area contributed by atoms with Crippen molar-refractivity contribution in [2.75, 3.05) is 41.9 Å². The molecule has 3 aromatic carbocycles. The van der Waals surface area contributed by atoms with Crippen LogP contribution in [0.25, 0.3) is 22.3 Å². The Morgan fingerprint density at radius 1 is 0.867 bits per heavy atom. The van der Waals surface area contributed by atoms with Crippen LogP contribution in [-0.2, 0) is 0 Å². The van der Waals surface area contributed by atoms with Crippen molar-refractivity contribution in [1.82, 2.24) is 9.80 Å². The van der Waals surface area contributed by atoms with Gasteiger partial charge in [-0.2, -0.15) is 0 Å². The van der Waals surface area contributed by atoms with E-state index >= 15 is 0 Å². The van der Waals surface area contributed by atoms with Gasteiger partial charge in [0.2, 0.25) is 11.2 Å². The Kier molecular flexibility index (Phi) is 8.33. The first-order valence-corrected chi connectivity index (χ1v) is 13.5. The summed E-state index contributed by atoms with van der Waals surface area (Å²) < 4.78 is 34.2. The molecule has 1 aliphatic heterocycles. The summed E-state index contributed by atoms with van der Waals surface area (Å²) in [6.07, 6.45) is -3.28. The molecule has 4 aromatic rings. The zero-order valence-electron chi connectivity index (χ0n) is 24.9. The summed E-state index contributed by atoms with van der Waals surface area (Å²) in [7, 11) is 7.19. The molecule has 0 aliphatic carbocycles. The number of carbonyl (C=O) groups excluding carboxylic acids is 2. The van der Waals surface area contributed by atoms with Crippen molar-refractivity contribution in [3.8, 4) is 51.6 Å². The summed E-state index contributed by atoms with van der Waals surface area (Å²) in [6, 6.07) is 11.4. The number of nitrogens with zero attached hydrogens (tertiary/aromatic N) is 2. The summed E-state index contributed by atoms with van der Waals surface area (Å²) in [6.45, 7) is -0.399. The fourth-order valence-corrected chi connectivity index (χ4v) is 4.53. The number of fused-ring (bicyclic) bond motifs is 2. The number of hydrogen-bond acceptors (Lipinski definition) is 12. The van der Waals surface area contributed by atoms with Crippen LogP contribution < -0.4 is 29.1 Å². The summed E-state index contributed by atoms with van der Waals surface area (Å²) in [5, 5.41) is 30.5. The van der Waals surface area contributed by atoms with E-state index in [4.69, 9.17) is 28.1 Å². The van der Waals surface area contributed by atoms with Gasteiger partial charge in [0, 0.05) is 51.5 Å². The van der Waals surface area contributed by atoms with Crippen LogP contribution >= 0.6 is 0 Å². The van der Waals surface area contributed by atoms with Crippen LogP contribution in [0.1, 0.15) is 11.7 Å². The Balaban J connectivity index is 1.64. The van der Waals surface area contributed by atoms with Gasteiger partial charge in [-0.1, -0.05) is 6.07 Å². The number of hydrogen-bond donors (Lipinski definition) is 3. The molecule has 0 radical (unpaired) electrons. The maximum Gasteiger partial charge on any atom is 0.414 e. The van der Waals surface area contributed by atoms with E-state index < -0.39 is 47.9 Å². The third kappa shape index (κ3) is 5.95. The van der Waals surface area contributed by atoms with E-state index in [1.807, 2.05) is 0 Å². The molecule has 0 saturated heterocycles. The Morgan fingerprint density at radius 2 is 1.58 bits per heavy atom. The van der Waals surface area contributed by atoms with Crippen molar-refractivity contribution in [1.29, 1.82) is 0 Å². The lowest BCUT2D eigenvalue weighted by Gasteiger charge is -2.33. The Morgan fingerprint density at radius 3 is 2.24 bits per heavy atom. The number of ether oxygens (including phenoxy) is 5. The van der Waals surface area contributed by atoms with E-state index in [0.717, 1.165) is 11.0 Å². The second-order valence-electron chi connectivity index (χ2n) is 10.4. The van der Waals surface area contributed by atoms with Crippen LogP contribution in [0, 0.1) is 0 Å². The molecular weight excluding hydrogens is 592 g/mol. The maximum absolute atomic E-state index is 13.7. The van der Waals surface area contributed by atoms with Crippen LogP contribution in [0.3, 0.4) is 0 Å². The molecule has 1 aliphatic rings. The minimum absolute atomic E-state index is 0.0852. The number of amides is 2. The molecule has 0 spiro atoms. The highest BCUT2D eigenvalue weighted by atomic mass is 16.6. The highest BCUT2D eigenvalue weighted by molar-refractivity contribution is 5.90. The third-order valence-corrected chi connectivity index (χ3v) is 6.82. The number of phenols is 2. The predicted octanol–water partition coefficient (Wildman–Crippen LogP) is 3.87. The van der Waals surface area contributed by atoms with Gasteiger partial charge in [0.25, 0.3) is 0 Å². The first-order chi connectivity index (χ1) is 21.4. The molecule has 14 nitrogen and oxygen atoms in total. The van der Waals surface area contributed by atoms with Crippen molar-refractivity contribution in [2.45, 2.75) is 12.2 Å². The number of methoxy groups -OCH3 is 1. The molecule has 0 bridgehead atoms. The molecule has 0 saturated carbocycles. The van der Waals surface area contributed by atoms with Gasteiger partial charge in [0.15, 0.2) is 41.0 Å². The Hall–Kier alpha value is -5.63. The average molecular weight is 623 g/mol. The van der Waals surface area contributed by atoms with Crippen LogP contribution in [0.4, 0.5) is 9.59 Å². The minimum Gasteiger partial charge on any atom is -0.507 e. The van der Waals surface area contributed by atoms with Gasteiger partial charge in [0.05, 0.1) is 13.7 Å². The predicted molar refractivity (Wildman–Crippen MR) is 159 cm³/mol. The van der Waals surface area contributed by atoms with E-state index in [1.165, 1.54) is 70.5 Å². The van der Waals surface area contributed by atoms with E-state index in [-0.39, 0.29) is 51.0 Å². The van der Waals surface area contributed by atoms with Gasteiger partial charge in [-0.15, -0.1) is 0 Å². The smallest absolute Gasteiger partial charge is 0.414 e. The van der Waals surface area contributed by atoms with Crippen molar-refractivity contribution in [3.05, 3.63) is 64.3 Å². The number of rotatable bonds is 6. The van der Waals surface area contributed by atoms with Gasteiger partial charge >= 0.3 is 12.2 Å². The SMILES string of the molecule is COc1cc(C2Oc3cc(-c4oc5cc(OC(=O)N(C)C)cc(O)c5c(=O)c4OC(=O)N(C)C)ccc3OC2CO)ccc1O. The number of aliphatic hydroxyl groups is 1. The van der Waals surface area contributed by atoms with Gasteiger partial charge in [-0.05, 0) is 30.3 Å². The van der Waals surface area contributed by atoms with Crippen molar-refractivity contribution in [3.63, 3.8) is 0 Å². The van der Waals surface area contributed by atoms with Gasteiger partial charge < -0.3 is 53.2 Å². The van der Waals surface area contributed by atoms with Gasteiger partial charge in [0.1, 0.15) is 22.5 Å². The van der Waals surface area contributed by atoms with E-state index in [1.54, 1.807) is 12.1 Å². The zero-order chi connectivity index (χ0) is 32.6. The summed E-state index contributed by atoms with van der Waals surface area (Å²) in [5.41, 5.74) is -0.273. The van der Waals surface area contributed by atoms with Gasteiger partial charge in [-0.3, -0.25) is 4.79 Å². The molecular formula is C31H30N2O12. The minimum atomic E-state index is -0.886. The molecule has 1 aromatic heterocycles. The number of aromatic hydroxyl groups is 2. The maximum atomic E-state index is 13.7. The first-order valence-electron chi connectivity index (χ1n) is 13.5.